The van der Waals surface area contributed by atoms with Gasteiger partial charge in [-0.1, -0.05) is 0 Å². The van der Waals surface area contributed by atoms with E-state index in [4.69, 9.17) is 0 Å². The molecule has 1 aromatic carbocycles. The molecule has 1 atom stereocenters. The van der Waals surface area contributed by atoms with Gasteiger partial charge in [-0.3, -0.25) is 4.79 Å². The highest BCUT2D eigenvalue weighted by Gasteiger charge is 2.20. The molecule has 1 fully saturated rings. The van der Waals surface area contributed by atoms with Crippen LogP contribution in [0.2, 0.25) is 0 Å². The van der Waals surface area contributed by atoms with Crippen LogP contribution in [0.15, 0.2) is 24.3 Å². The van der Waals surface area contributed by atoms with Gasteiger partial charge in [0.05, 0.1) is 6.10 Å². The van der Waals surface area contributed by atoms with Crippen LogP contribution in [-0.2, 0) is 0 Å². The quantitative estimate of drug-likeness (QED) is 0.806. The Morgan fingerprint density at radius 3 is 2.71 bits per heavy atom. The van der Waals surface area contributed by atoms with Crippen LogP contribution in [0, 0.1) is 5.82 Å². The maximum absolute atomic E-state index is 12.7. The molecule has 0 aromatic heterocycles. The van der Waals surface area contributed by atoms with Crippen LogP contribution in [0.5, 0.6) is 0 Å². The molecule has 1 heterocycles. The number of halogens is 1. The minimum absolute atomic E-state index is 0.0198. The Hall–Kier alpha value is -1.26. The molecule has 1 N–H and O–H groups in total. The van der Waals surface area contributed by atoms with E-state index in [1.54, 1.807) is 0 Å². The van der Waals surface area contributed by atoms with Gasteiger partial charge in [0.2, 0.25) is 0 Å². The van der Waals surface area contributed by atoms with Crippen molar-refractivity contribution >= 4 is 5.78 Å². The van der Waals surface area contributed by atoms with Crippen LogP contribution in [0.4, 0.5) is 4.39 Å². The zero-order valence-electron chi connectivity index (χ0n) is 9.60. The van der Waals surface area contributed by atoms with E-state index in [1.807, 2.05) is 0 Å². The molecule has 0 aliphatic carbocycles. The molecule has 92 valence electrons. The molecule has 1 aliphatic rings. The lowest BCUT2D eigenvalue weighted by atomic mass is 10.1. The maximum atomic E-state index is 12.7. The molecule has 1 saturated heterocycles. The number of Topliss-reactive ketones (excluding diaryl/α,β-unsaturated/α-hetero) is 1. The zero-order valence-corrected chi connectivity index (χ0v) is 9.60. The van der Waals surface area contributed by atoms with Crippen LogP contribution in [0.3, 0.4) is 0 Å². The molecule has 1 aliphatic heterocycles. The second kappa shape index (κ2) is 5.38. The summed E-state index contributed by atoms with van der Waals surface area (Å²) in [6, 6.07) is 5.62. The lowest BCUT2D eigenvalue weighted by Gasteiger charge is -2.13. The van der Waals surface area contributed by atoms with E-state index in [0.717, 1.165) is 13.0 Å². The Kier molecular flexibility index (Phi) is 3.86. The standard InChI is InChI=1S/C13H16FNO2/c14-11-3-1-10(2-4-11)13(17)6-8-15-7-5-12(16)9-15/h1-4,12,16H,5-9H2. The molecule has 0 saturated carbocycles. The number of aliphatic hydroxyl groups excluding tert-OH is 1. The fraction of sp³-hybridized carbons (Fsp3) is 0.462. The van der Waals surface area contributed by atoms with E-state index in [1.165, 1.54) is 24.3 Å². The number of hydrogen-bond acceptors (Lipinski definition) is 3. The first kappa shape index (κ1) is 12.2. The van der Waals surface area contributed by atoms with Gasteiger partial charge in [0.1, 0.15) is 5.82 Å². The molecule has 17 heavy (non-hydrogen) atoms. The van der Waals surface area contributed by atoms with Gasteiger partial charge < -0.3 is 10.0 Å². The van der Waals surface area contributed by atoms with Crippen LogP contribution in [-0.4, -0.2) is 41.5 Å². The Balaban J connectivity index is 1.83. The lowest BCUT2D eigenvalue weighted by molar-refractivity contribution is 0.0964. The molecule has 1 unspecified atom stereocenters. The van der Waals surface area contributed by atoms with Crippen molar-refractivity contribution in [3.05, 3.63) is 35.6 Å². The largest absolute Gasteiger partial charge is 0.392 e. The average molecular weight is 237 g/mol. The molecule has 0 radical (unpaired) electrons. The average Bonchev–Trinajstić information content (AvgIpc) is 2.73. The van der Waals surface area contributed by atoms with Gasteiger partial charge in [0.25, 0.3) is 0 Å². The number of hydrogen-bond donors (Lipinski definition) is 1. The molecule has 0 amide bonds. The highest BCUT2D eigenvalue weighted by Crippen LogP contribution is 2.11. The monoisotopic (exact) mass is 237 g/mol. The first-order valence-corrected chi connectivity index (χ1v) is 5.84. The van der Waals surface area contributed by atoms with Crippen molar-refractivity contribution in [2.24, 2.45) is 0 Å². The van der Waals surface area contributed by atoms with E-state index in [0.29, 0.717) is 25.1 Å². The van der Waals surface area contributed by atoms with Crippen molar-refractivity contribution < 1.29 is 14.3 Å². The molecule has 1 aromatic rings. The third-order valence-corrected chi connectivity index (χ3v) is 3.07. The van der Waals surface area contributed by atoms with Gasteiger partial charge in [0.15, 0.2) is 5.78 Å². The minimum atomic E-state index is -0.329. The Morgan fingerprint density at radius 1 is 1.41 bits per heavy atom. The number of benzene rings is 1. The van der Waals surface area contributed by atoms with Crippen molar-refractivity contribution in [2.45, 2.75) is 18.9 Å². The molecular formula is C13H16FNO2. The van der Waals surface area contributed by atoms with E-state index in [2.05, 4.69) is 4.90 Å². The summed E-state index contributed by atoms with van der Waals surface area (Å²) < 4.78 is 12.7. The van der Waals surface area contributed by atoms with E-state index in [9.17, 15) is 14.3 Å². The Labute approximate surface area is 99.9 Å². The summed E-state index contributed by atoms with van der Waals surface area (Å²) in [5.74, 6) is -0.310. The zero-order chi connectivity index (χ0) is 12.3. The fourth-order valence-electron chi connectivity index (χ4n) is 2.06. The van der Waals surface area contributed by atoms with Crippen molar-refractivity contribution in [1.82, 2.24) is 4.90 Å². The first-order valence-electron chi connectivity index (χ1n) is 5.84. The topological polar surface area (TPSA) is 40.5 Å². The number of ketones is 1. The molecule has 0 spiro atoms. The van der Waals surface area contributed by atoms with Crippen LogP contribution in [0.25, 0.3) is 0 Å². The van der Waals surface area contributed by atoms with Crippen molar-refractivity contribution in [2.75, 3.05) is 19.6 Å². The normalized spacial score (nSPS) is 20.7. The summed E-state index contributed by atoms with van der Waals surface area (Å²) in [7, 11) is 0. The van der Waals surface area contributed by atoms with Crippen LogP contribution in [0.1, 0.15) is 23.2 Å². The second-order valence-corrected chi connectivity index (χ2v) is 4.42. The number of aliphatic hydroxyl groups is 1. The maximum Gasteiger partial charge on any atom is 0.164 e. The number of likely N-dealkylation sites (tertiary alicyclic amines) is 1. The number of β-amino-alcohol motifs (C(OH)–C–C–N with tert-alkyl or cyclic N) is 1. The summed E-state index contributed by atoms with van der Waals surface area (Å²) in [5, 5.41) is 9.34. The SMILES string of the molecule is O=C(CCN1CCC(O)C1)c1ccc(F)cc1. The van der Waals surface area contributed by atoms with Crippen molar-refractivity contribution in [3.8, 4) is 0 Å². The van der Waals surface area contributed by atoms with E-state index >= 15 is 0 Å². The molecular weight excluding hydrogens is 221 g/mol. The third-order valence-electron chi connectivity index (χ3n) is 3.07. The highest BCUT2D eigenvalue weighted by atomic mass is 19.1. The van der Waals surface area contributed by atoms with E-state index < -0.39 is 0 Å². The smallest absolute Gasteiger partial charge is 0.164 e. The van der Waals surface area contributed by atoms with Gasteiger partial charge in [0, 0.05) is 31.6 Å². The van der Waals surface area contributed by atoms with Gasteiger partial charge in [-0.2, -0.15) is 0 Å². The summed E-state index contributed by atoms with van der Waals surface area (Å²) in [6.07, 6.45) is 0.944. The van der Waals surface area contributed by atoms with Crippen molar-refractivity contribution in [3.63, 3.8) is 0 Å². The Morgan fingerprint density at radius 2 is 2.12 bits per heavy atom. The number of carbonyl (C=O) groups excluding carboxylic acids is 1. The highest BCUT2D eigenvalue weighted by molar-refractivity contribution is 5.96. The summed E-state index contributed by atoms with van der Waals surface area (Å²) in [5.41, 5.74) is 0.547. The molecule has 3 nitrogen and oxygen atoms in total. The fourth-order valence-corrected chi connectivity index (χ4v) is 2.06. The number of carbonyl (C=O) groups is 1. The summed E-state index contributed by atoms with van der Waals surface area (Å²) >= 11 is 0. The molecule has 4 heteroatoms. The first-order chi connectivity index (χ1) is 8.15. The minimum Gasteiger partial charge on any atom is -0.392 e. The van der Waals surface area contributed by atoms with Gasteiger partial charge >= 0.3 is 0 Å². The van der Waals surface area contributed by atoms with Gasteiger partial charge in [-0.05, 0) is 30.7 Å². The summed E-state index contributed by atoms with van der Waals surface area (Å²) in [4.78, 5) is 13.9. The Bertz CT molecular complexity index is 391. The second-order valence-electron chi connectivity index (χ2n) is 4.42. The molecule has 0 bridgehead atoms. The van der Waals surface area contributed by atoms with Crippen LogP contribution >= 0.6 is 0 Å². The van der Waals surface area contributed by atoms with Crippen LogP contribution < -0.4 is 0 Å². The van der Waals surface area contributed by atoms with E-state index in [-0.39, 0.29) is 17.7 Å². The summed E-state index contributed by atoms with van der Waals surface area (Å²) in [6.45, 7) is 2.15. The van der Waals surface area contributed by atoms with Crippen molar-refractivity contribution in [1.29, 1.82) is 0 Å². The van der Waals surface area contributed by atoms with Gasteiger partial charge in [-0.15, -0.1) is 0 Å². The predicted octanol–water partition coefficient (Wildman–Crippen LogP) is 1.47. The molecule has 2 rings (SSSR count). The third kappa shape index (κ3) is 3.35. The lowest BCUT2D eigenvalue weighted by Crippen LogP contribution is -2.25. The van der Waals surface area contributed by atoms with Gasteiger partial charge in [-0.25, -0.2) is 4.39 Å². The predicted molar refractivity (Wildman–Crippen MR) is 62.4 cm³/mol. The number of rotatable bonds is 4. The number of nitrogens with zero attached hydrogens (tertiary/aromatic N) is 1.